The third kappa shape index (κ3) is 2.75. The molecule has 0 radical (unpaired) electrons. The third-order valence-electron chi connectivity index (χ3n) is 3.70. The van der Waals surface area contributed by atoms with Gasteiger partial charge in [0.2, 0.25) is 0 Å². The van der Waals surface area contributed by atoms with Gasteiger partial charge >= 0.3 is 0 Å². The molecular weight excluding hydrogens is 170 g/mol. The fourth-order valence-electron chi connectivity index (χ4n) is 2.48. The van der Waals surface area contributed by atoms with Gasteiger partial charge in [0, 0.05) is 0 Å². The van der Waals surface area contributed by atoms with E-state index in [4.69, 9.17) is 12.2 Å². The minimum Gasteiger partial charge on any atom is -0.317 e. The second-order valence-corrected chi connectivity index (χ2v) is 5.67. The molecule has 0 aromatic carbocycles. The van der Waals surface area contributed by atoms with E-state index in [1.54, 1.807) is 0 Å². The smallest absolute Gasteiger partial charge is 0.0690 e. The number of nitrogens with two attached hydrogens (primary N) is 1. The minimum atomic E-state index is -0.0177. The Morgan fingerprint density at radius 3 is 2.07 bits per heavy atom. The van der Waals surface area contributed by atoms with Gasteiger partial charge in [-0.05, 0) is 42.9 Å². The van der Waals surface area contributed by atoms with E-state index < -0.39 is 0 Å². The lowest BCUT2D eigenvalue weighted by molar-refractivity contribution is 0.146. The van der Waals surface area contributed by atoms with Crippen molar-refractivity contribution in [3.8, 4) is 12.3 Å². The zero-order valence-electron chi connectivity index (χ0n) is 9.72. The van der Waals surface area contributed by atoms with Crippen LogP contribution in [0.4, 0.5) is 0 Å². The van der Waals surface area contributed by atoms with Gasteiger partial charge < -0.3 is 5.73 Å². The Labute approximate surface area is 88.5 Å². The lowest BCUT2D eigenvalue weighted by Gasteiger charge is -2.37. The molecule has 2 N–H and O–H groups in total. The monoisotopic (exact) mass is 193 g/mol. The first-order valence-electron chi connectivity index (χ1n) is 5.67. The molecule has 1 nitrogen and oxygen atoms in total. The number of terminal acetylenes is 1. The standard InChI is InChI=1S/C13H23N/c1-5-12(14)10-6-8-11(9-7-10)13(2,3)4/h1,10-12H,6-9,14H2,2-4H3. The van der Waals surface area contributed by atoms with Crippen molar-refractivity contribution in [1.82, 2.24) is 0 Å². The van der Waals surface area contributed by atoms with Crippen molar-refractivity contribution < 1.29 is 0 Å². The largest absolute Gasteiger partial charge is 0.317 e. The molecule has 1 heteroatoms. The molecular formula is C13H23N. The van der Waals surface area contributed by atoms with Gasteiger partial charge in [-0.3, -0.25) is 0 Å². The second kappa shape index (κ2) is 4.36. The molecule has 0 aromatic rings. The van der Waals surface area contributed by atoms with Crippen LogP contribution in [0.3, 0.4) is 0 Å². The van der Waals surface area contributed by atoms with Crippen LogP contribution >= 0.6 is 0 Å². The molecule has 0 amide bonds. The van der Waals surface area contributed by atoms with Crippen LogP contribution < -0.4 is 5.73 Å². The van der Waals surface area contributed by atoms with Crippen LogP contribution in [0.15, 0.2) is 0 Å². The Hall–Kier alpha value is -0.480. The van der Waals surface area contributed by atoms with Crippen LogP contribution in [-0.4, -0.2) is 6.04 Å². The lowest BCUT2D eigenvalue weighted by atomic mass is 9.69. The molecule has 1 atom stereocenters. The highest BCUT2D eigenvalue weighted by atomic mass is 14.6. The SMILES string of the molecule is C#CC(N)C1CCC(C(C)(C)C)CC1. The van der Waals surface area contributed by atoms with Gasteiger partial charge in [0.1, 0.15) is 0 Å². The summed E-state index contributed by atoms with van der Waals surface area (Å²) in [5, 5.41) is 0. The molecule has 0 spiro atoms. The zero-order chi connectivity index (χ0) is 10.8. The Balaban J connectivity index is 2.43. The average Bonchev–Trinajstić information content (AvgIpc) is 2.15. The van der Waals surface area contributed by atoms with E-state index in [9.17, 15) is 0 Å². The van der Waals surface area contributed by atoms with Crippen molar-refractivity contribution in [2.45, 2.75) is 52.5 Å². The summed E-state index contributed by atoms with van der Waals surface area (Å²) in [6, 6.07) is -0.0177. The maximum absolute atomic E-state index is 5.87. The normalized spacial score (nSPS) is 30.8. The molecule has 0 aromatic heterocycles. The molecule has 0 bridgehead atoms. The van der Waals surface area contributed by atoms with Crippen LogP contribution in [-0.2, 0) is 0 Å². The van der Waals surface area contributed by atoms with Crippen molar-refractivity contribution >= 4 is 0 Å². The zero-order valence-corrected chi connectivity index (χ0v) is 9.72. The molecule has 0 heterocycles. The van der Waals surface area contributed by atoms with Crippen molar-refractivity contribution in [2.24, 2.45) is 23.0 Å². The molecule has 1 fully saturated rings. The molecule has 1 saturated carbocycles. The molecule has 80 valence electrons. The predicted molar refractivity (Wildman–Crippen MR) is 61.7 cm³/mol. The van der Waals surface area contributed by atoms with Gasteiger partial charge in [-0.2, -0.15) is 0 Å². The fourth-order valence-corrected chi connectivity index (χ4v) is 2.48. The van der Waals surface area contributed by atoms with Crippen LogP contribution in [0.5, 0.6) is 0 Å². The van der Waals surface area contributed by atoms with Gasteiger partial charge in [-0.1, -0.05) is 26.7 Å². The number of hydrogen-bond acceptors (Lipinski definition) is 1. The summed E-state index contributed by atoms with van der Waals surface area (Å²) in [5.41, 5.74) is 6.32. The summed E-state index contributed by atoms with van der Waals surface area (Å²) in [5.74, 6) is 4.08. The van der Waals surface area contributed by atoms with Crippen molar-refractivity contribution in [1.29, 1.82) is 0 Å². The van der Waals surface area contributed by atoms with Gasteiger partial charge in [-0.15, -0.1) is 6.42 Å². The Morgan fingerprint density at radius 2 is 1.71 bits per heavy atom. The maximum Gasteiger partial charge on any atom is 0.0690 e. The topological polar surface area (TPSA) is 26.0 Å². The molecule has 0 aliphatic heterocycles. The van der Waals surface area contributed by atoms with E-state index in [-0.39, 0.29) is 6.04 Å². The molecule has 14 heavy (non-hydrogen) atoms. The predicted octanol–water partition coefficient (Wildman–Crippen LogP) is 2.80. The van der Waals surface area contributed by atoms with E-state index in [0.717, 1.165) is 5.92 Å². The van der Waals surface area contributed by atoms with Crippen LogP contribution in [0.2, 0.25) is 0 Å². The summed E-state index contributed by atoms with van der Waals surface area (Å²) in [6.07, 6.45) is 10.4. The second-order valence-electron chi connectivity index (χ2n) is 5.67. The van der Waals surface area contributed by atoms with Gasteiger partial charge in [-0.25, -0.2) is 0 Å². The summed E-state index contributed by atoms with van der Waals surface area (Å²) < 4.78 is 0. The Morgan fingerprint density at radius 1 is 1.21 bits per heavy atom. The highest BCUT2D eigenvalue weighted by Crippen LogP contribution is 2.40. The van der Waals surface area contributed by atoms with E-state index in [0.29, 0.717) is 11.3 Å². The number of rotatable bonds is 1. The third-order valence-corrected chi connectivity index (χ3v) is 3.70. The highest BCUT2D eigenvalue weighted by molar-refractivity contribution is 5.01. The molecule has 0 saturated heterocycles. The summed E-state index contributed by atoms with van der Waals surface area (Å²) >= 11 is 0. The van der Waals surface area contributed by atoms with Crippen molar-refractivity contribution in [3.05, 3.63) is 0 Å². The lowest BCUT2D eigenvalue weighted by Crippen LogP contribution is -2.34. The molecule has 1 rings (SSSR count). The van der Waals surface area contributed by atoms with Crippen LogP contribution in [0.1, 0.15) is 46.5 Å². The van der Waals surface area contributed by atoms with Crippen molar-refractivity contribution in [2.75, 3.05) is 0 Å². The van der Waals surface area contributed by atoms with Crippen molar-refractivity contribution in [3.63, 3.8) is 0 Å². The van der Waals surface area contributed by atoms with E-state index in [1.165, 1.54) is 25.7 Å². The van der Waals surface area contributed by atoms with Gasteiger partial charge in [0.05, 0.1) is 6.04 Å². The molecule has 1 aliphatic carbocycles. The minimum absolute atomic E-state index is 0.0177. The number of hydrogen-bond donors (Lipinski definition) is 1. The van der Waals surface area contributed by atoms with Gasteiger partial charge in [0.15, 0.2) is 0 Å². The van der Waals surface area contributed by atoms with Gasteiger partial charge in [0.25, 0.3) is 0 Å². The van der Waals surface area contributed by atoms with E-state index >= 15 is 0 Å². The Kier molecular flexibility index (Phi) is 3.61. The fraction of sp³-hybridized carbons (Fsp3) is 0.846. The summed E-state index contributed by atoms with van der Waals surface area (Å²) in [6.45, 7) is 7.00. The maximum atomic E-state index is 5.87. The molecule has 1 unspecified atom stereocenters. The first-order chi connectivity index (χ1) is 6.45. The first kappa shape index (κ1) is 11.6. The first-order valence-corrected chi connectivity index (χ1v) is 5.67. The van der Waals surface area contributed by atoms with E-state index in [2.05, 4.69) is 26.7 Å². The van der Waals surface area contributed by atoms with Crippen LogP contribution in [0.25, 0.3) is 0 Å². The quantitative estimate of drug-likeness (QED) is 0.637. The van der Waals surface area contributed by atoms with E-state index in [1.807, 2.05) is 0 Å². The summed E-state index contributed by atoms with van der Waals surface area (Å²) in [4.78, 5) is 0. The van der Waals surface area contributed by atoms with Crippen LogP contribution in [0, 0.1) is 29.6 Å². The Bertz CT molecular complexity index is 210. The molecule has 1 aliphatic rings. The average molecular weight is 193 g/mol. The summed E-state index contributed by atoms with van der Waals surface area (Å²) in [7, 11) is 0. The highest BCUT2D eigenvalue weighted by Gasteiger charge is 2.31.